The summed E-state index contributed by atoms with van der Waals surface area (Å²) in [5.74, 6) is 0.711. The predicted molar refractivity (Wildman–Crippen MR) is 36.7 cm³/mol. The molecule has 1 aliphatic heterocycles. The van der Waals surface area contributed by atoms with E-state index in [1.807, 2.05) is 0 Å². The average molecular weight is 135 g/mol. The minimum atomic E-state index is 0.711. The number of nitrogens with zero attached hydrogens (tertiary/aromatic N) is 2. The topological polar surface area (TPSA) is 54.2 Å². The Labute approximate surface area is 56.9 Å². The standard InChI is InChI=1S/C6H5N3O/c1-7-4-2-5-6(3-4)10-9-8-5/h2-3,9H,1H2. The van der Waals surface area contributed by atoms with Crippen LogP contribution in [0.25, 0.3) is 11.5 Å². The van der Waals surface area contributed by atoms with Crippen molar-refractivity contribution in [2.24, 2.45) is 4.99 Å². The van der Waals surface area contributed by atoms with E-state index in [0.29, 0.717) is 5.76 Å². The molecular formula is C6H5N3O. The maximum Gasteiger partial charge on any atom is 0.186 e. The second kappa shape index (κ2) is 1.70. The summed E-state index contributed by atoms with van der Waals surface area (Å²) in [4.78, 5) is 3.72. The van der Waals surface area contributed by atoms with Crippen molar-refractivity contribution in [3.05, 3.63) is 12.1 Å². The van der Waals surface area contributed by atoms with E-state index < -0.39 is 0 Å². The molecule has 0 spiro atoms. The van der Waals surface area contributed by atoms with E-state index in [9.17, 15) is 0 Å². The Morgan fingerprint density at radius 2 is 2.50 bits per heavy atom. The molecule has 4 heteroatoms. The minimum absolute atomic E-state index is 0.711. The summed E-state index contributed by atoms with van der Waals surface area (Å²) in [6.07, 6.45) is 0. The first-order valence-corrected chi connectivity index (χ1v) is 2.80. The fraction of sp³-hybridized carbons (Fsp3) is 0. The zero-order chi connectivity index (χ0) is 6.97. The van der Waals surface area contributed by atoms with Gasteiger partial charge in [-0.1, -0.05) is 0 Å². The molecule has 0 saturated carbocycles. The van der Waals surface area contributed by atoms with Gasteiger partial charge >= 0.3 is 0 Å². The summed E-state index contributed by atoms with van der Waals surface area (Å²) < 4.78 is 4.88. The van der Waals surface area contributed by atoms with Crippen LogP contribution in [0.4, 0.5) is 5.69 Å². The number of hydrogen-bond acceptors (Lipinski definition) is 3. The van der Waals surface area contributed by atoms with Crippen LogP contribution in [0.5, 0.6) is 0 Å². The second-order valence-electron chi connectivity index (χ2n) is 1.93. The van der Waals surface area contributed by atoms with Crippen molar-refractivity contribution in [1.29, 1.82) is 0 Å². The lowest BCUT2D eigenvalue weighted by molar-refractivity contribution is 0.407. The van der Waals surface area contributed by atoms with Crippen LogP contribution in [0.2, 0.25) is 0 Å². The number of H-pyrrole nitrogens is 1. The Morgan fingerprint density at radius 3 is 3.20 bits per heavy atom. The van der Waals surface area contributed by atoms with E-state index in [1.165, 1.54) is 0 Å². The van der Waals surface area contributed by atoms with Gasteiger partial charge in [0.2, 0.25) is 0 Å². The SMILES string of the molecule is C=Nc1cc2n[nH]oc-2c1. The number of rotatable bonds is 1. The lowest BCUT2D eigenvalue weighted by Gasteiger charge is -1.74. The highest BCUT2D eigenvalue weighted by Crippen LogP contribution is 2.27. The molecule has 0 unspecified atom stereocenters. The van der Waals surface area contributed by atoms with E-state index in [-0.39, 0.29) is 0 Å². The van der Waals surface area contributed by atoms with Crippen molar-refractivity contribution in [3.63, 3.8) is 0 Å². The Hall–Kier alpha value is -1.58. The normalized spacial score (nSPS) is 10.4. The lowest BCUT2D eigenvalue weighted by Crippen LogP contribution is -1.63. The minimum Gasteiger partial charge on any atom is -0.363 e. The van der Waals surface area contributed by atoms with Gasteiger partial charge < -0.3 is 4.52 Å². The van der Waals surface area contributed by atoms with Gasteiger partial charge in [-0.05, 0) is 12.8 Å². The van der Waals surface area contributed by atoms with Crippen molar-refractivity contribution >= 4 is 12.4 Å². The van der Waals surface area contributed by atoms with Crippen molar-refractivity contribution in [1.82, 2.24) is 10.4 Å². The van der Waals surface area contributed by atoms with E-state index >= 15 is 0 Å². The summed E-state index contributed by atoms with van der Waals surface area (Å²) in [5, 5.41) is 6.19. The first kappa shape index (κ1) is 5.22. The molecule has 2 aliphatic rings. The van der Waals surface area contributed by atoms with E-state index in [1.54, 1.807) is 12.1 Å². The fourth-order valence-corrected chi connectivity index (χ4v) is 0.843. The van der Waals surface area contributed by atoms with Gasteiger partial charge in [0.25, 0.3) is 0 Å². The van der Waals surface area contributed by atoms with Crippen LogP contribution in [-0.4, -0.2) is 17.1 Å². The third-order valence-electron chi connectivity index (χ3n) is 1.32. The highest BCUT2D eigenvalue weighted by atomic mass is 16.5. The van der Waals surface area contributed by atoms with Gasteiger partial charge in [-0.2, -0.15) is 0 Å². The summed E-state index contributed by atoms with van der Waals surface area (Å²) in [6.45, 7) is 3.38. The number of aliphatic imine (C=N–C) groups is 1. The van der Waals surface area contributed by atoms with Gasteiger partial charge in [0.05, 0.1) is 5.69 Å². The summed E-state index contributed by atoms with van der Waals surface area (Å²) >= 11 is 0. The van der Waals surface area contributed by atoms with Gasteiger partial charge in [0, 0.05) is 6.07 Å². The smallest absolute Gasteiger partial charge is 0.186 e. The van der Waals surface area contributed by atoms with Crippen molar-refractivity contribution in [2.45, 2.75) is 0 Å². The van der Waals surface area contributed by atoms with Crippen LogP contribution in [0.3, 0.4) is 0 Å². The first-order chi connectivity index (χ1) is 4.90. The third kappa shape index (κ3) is 0.556. The largest absolute Gasteiger partial charge is 0.363 e. The molecule has 0 aromatic heterocycles. The number of hydrogen-bond donors (Lipinski definition) is 1. The lowest BCUT2D eigenvalue weighted by atomic mass is 10.4. The van der Waals surface area contributed by atoms with Gasteiger partial charge in [0.1, 0.15) is 5.69 Å². The molecule has 2 rings (SSSR count). The van der Waals surface area contributed by atoms with Gasteiger partial charge in [-0.15, -0.1) is 10.4 Å². The molecular weight excluding hydrogens is 130 g/mol. The van der Waals surface area contributed by atoms with Crippen LogP contribution in [0.15, 0.2) is 21.6 Å². The van der Waals surface area contributed by atoms with Crippen LogP contribution in [-0.2, 0) is 0 Å². The zero-order valence-corrected chi connectivity index (χ0v) is 5.16. The summed E-state index contributed by atoms with van der Waals surface area (Å²) in [5.41, 5.74) is 1.57. The Morgan fingerprint density at radius 1 is 1.60 bits per heavy atom. The Kier molecular flexibility index (Phi) is 0.887. The molecule has 1 N–H and O–H groups in total. The van der Waals surface area contributed by atoms with E-state index in [0.717, 1.165) is 11.4 Å². The van der Waals surface area contributed by atoms with E-state index in [4.69, 9.17) is 4.52 Å². The molecule has 1 heterocycles. The molecule has 0 bridgehead atoms. The average Bonchev–Trinajstić information content (AvgIpc) is 2.42. The summed E-state index contributed by atoms with van der Waals surface area (Å²) in [6, 6.07) is 3.56. The van der Waals surface area contributed by atoms with Crippen molar-refractivity contribution in [3.8, 4) is 11.5 Å². The summed E-state index contributed by atoms with van der Waals surface area (Å²) in [7, 11) is 0. The molecule has 0 aromatic rings. The van der Waals surface area contributed by atoms with Gasteiger partial charge in [-0.3, -0.25) is 4.99 Å². The van der Waals surface area contributed by atoms with Crippen LogP contribution in [0.1, 0.15) is 0 Å². The monoisotopic (exact) mass is 135 g/mol. The van der Waals surface area contributed by atoms with Crippen LogP contribution >= 0.6 is 0 Å². The molecule has 4 nitrogen and oxygen atoms in total. The maximum atomic E-state index is 4.88. The highest BCUT2D eigenvalue weighted by Gasteiger charge is 2.09. The number of fused-ring (bicyclic) bond motifs is 1. The molecule has 50 valence electrons. The second-order valence-corrected chi connectivity index (χ2v) is 1.93. The van der Waals surface area contributed by atoms with Crippen LogP contribution in [0, 0.1) is 0 Å². The molecule has 1 aliphatic carbocycles. The van der Waals surface area contributed by atoms with Crippen molar-refractivity contribution < 1.29 is 4.52 Å². The fourth-order valence-electron chi connectivity index (χ4n) is 0.843. The molecule has 0 radical (unpaired) electrons. The zero-order valence-electron chi connectivity index (χ0n) is 5.16. The van der Waals surface area contributed by atoms with Gasteiger partial charge in [-0.25, -0.2) is 0 Å². The molecule has 0 aromatic carbocycles. The van der Waals surface area contributed by atoms with Gasteiger partial charge in [0.15, 0.2) is 5.76 Å². The van der Waals surface area contributed by atoms with Crippen molar-refractivity contribution in [2.75, 3.05) is 0 Å². The molecule has 0 atom stereocenters. The Balaban J connectivity index is 2.67. The Bertz CT molecular complexity index is 296. The quantitative estimate of drug-likeness (QED) is 0.601. The molecule has 0 amide bonds. The number of aromatic amines is 1. The molecule has 0 saturated heterocycles. The highest BCUT2D eigenvalue weighted by molar-refractivity contribution is 5.66. The van der Waals surface area contributed by atoms with Crippen LogP contribution < -0.4 is 0 Å². The van der Waals surface area contributed by atoms with E-state index in [2.05, 4.69) is 22.1 Å². The number of aromatic nitrogens is 2. The molecule has 10 heavy (non-hydrogen) atoms. The first-order valence-electron chi connectivity index (χ1n) is 2.80. The number of nitrogens with one attached hydrogen (secondary N) is 1. The maximum absolute atomic E-state index is 4.88. The predicted octanol–water partition coefficient (Wildman–Crippen LogP) is 1.44. The third-order valence-corrected chi connectivity index (χ3v) is 1.32. The molecule has 0 fully saturated rings.